The summed E-state index contributed by atoms with van der Waals surface area (Å²) >= 11 is 0. The maximum absolute atomic E-state index is 13.1. The van der Waals surface area contributed by atoms with E-state index in [1.165, 1.54) is 12.1 Å². The Morgan fingerprint density at radius 3 is 2.42 bits per heavy atom. The molecule has 1 aromatic heterocycles. The molecule has 0 saturated carbocycles. The number of halogens is 1. The van der Waals surface area contributed by atoms with Crippen LogP contribution in [0.2, 0.25) is 0 Å². The Hall–Kier alpha value is -2.48. The van der Waals surface area contributed by atoms with Gasteiger partial charge in [0.25, 0.3) is 5.91 Å². The molecule has 1 saturated heterocycles. The van der Waals surface area contributed by atoms with Crippen molar-refractivity contribution in [3.05, 3.63) is 41.7 Å². The Kier molecular flexibility index (Phi) is 4.58. The number of likely N-dealkylation sites (N-methyl/N-ethyl adjacent to an activating group) is 1. The molecule has 1 fully saturated rings. The number of anilines is 1. The molecular formula is C18H23FN6O. The van der Waals surface area contributed by atoms with Gasteiger partial charge in [-0.1, -0.05) is 0 Å². The summed E-state index contributed by atoms with van der Waals surface area (Å²) in [6.45, 7) is 8.41. The van der Waals surface area contributed by atoms with E-state index >= 15 is 0 Å². The van der Waals surface area contributed by atoms with Crippen molar-refractivity contribution in [1.82, 2.24) is 24.6 Å². The van der Waals surface area contributed by atoms with Crippen LogP contribution >= 0.6 is 0 Å². The van der Waals surface area contributed by atoms with Crippen molar-refractivity contribution in [1.29, 1.82) is 0 Å². The van der Waals surface area contributed by atoms with Gasteiger partial charge in [-0.2, -0.15) is 0 Å². The van der Waals surface area contributed by atoms with E-state index in [1.54, 1.807) is 4.90 Å². The minimum Gasteiger partial charge on any atom is -0.369 e. The fourth-order valence-electron chi connectivity index (χ4n) is 3.63. The highest BCUT2D eigenvalue weighted by Crippen LogP contribution is 2.19. The normalized spacial score (nSPS) is 18.3. The standard InChI is InChI=1S/C18H23FN6O/c1-2-23-11-12-25-16(20-21-17(25)18(23)26)13-22-7-9-24(10-8-22)15-5-3-14(19)4-6-15/h3-6H,2,7-13H2,1H3. The predicted octanol–water partition coefficient (Wildman–Crippen LogP) is 1.22. The summed E-state index contributed by atoms with van der Waals surface area (Å²) in [5.74, 6) is 1.08. The molecule has 0 atom stereocenters. The van der Waals surface area contributed by atoms with Crippen LogP contribution in [0.15, 0.2) is 24.3 Å². The molecule has 0 spiro atoms. The fourth-order valence-corrected chi connectivity index (χ4v) is 3.63. The predicted molar refractivity (Wildman–Crippen MR) is 95.5 cm³/mol. The van der Waals surface area contributed by atoms with Gasteiger partial charge >= 0.3 is 0 Å². The highest BCUT2D eigenvalue weighted by Gasteiger charge is 2.29. The number of benzene rings is 1. The third kappa shape index (κ3) is 3.16. The van der Waals surface area contributed by atoms with Gasteiger partial charge < -0.3 is 14.4 Å². The van der Waals surface area contributed by atoms with Crippen molar-refractivity contribution in [2.75, 3.05) is 44.2 Å². The summed E-state index contributed by atoms with van der Waals surface area (Å²) in [7, 11) is 0. The van der Waals surface area contributed by atoms with Crippen molar-refractivity contribution >= 4 is 11.6 Å². The van der Waals surface area contributed by atoms with Crippen LogP contribution in [0, 0.1) is 5.82 Å². The minimum atomic E-state index is -0.208. The second kappa shape index (κ2) is 7.03. The Balaban J connectivity index is 1.38. The summed E-state index contributed by atoms with van der Waals surface area (Å²) in [6, 6.07) is 6.65. The molecule has 0 unspecified atom stereocenters. The quantitative estimate of drug-likeness (QED) is 0.822. The van der Waals surface area contributed by atoms with E-state index in [2.05, 4.69) is 20.0 Å². The Labute approximate surface area is 152 Å². The largest absolute Gasteiger partial charge is 0.369 e. The van der Waals surface area contributed by atoms with Gasteiger partial charge in [0.15, 0.2) is 0 Å². The summed E-state index contributed by atoms with van der Waals surface area (Å²) in [6.07, 6.45) is 0. The molecule has 0 aliphatic carbocycles. The number of carbonyl (C=O) groups is 1. The Morgan fingerprint density at radius 1 is 1.00 bits per heavy atom. The monoisotopic (exact) mass is 358 g/mol. The van der Waals surface area contributed by atoms with Crippen LogP contribution in [0.3, 0.4) is 0 Å². The smallest absolute Gasteiger partial charge is 0.291 e. The number of nitrogens with zero attached hydrogens (tertiary/aromatic N) is 6. The molecule has 138 valence electrons. The van der Waals surface area contributed by atoms with Gasteiger partial charge in [0, 0.05) is 51.5 Å². The summed E-state index contributed by atoms with van der Waals surface area (Å²) < 4.78 is 15.0. The van der Waals surface area contributed by atoms with E-state index in [4.69, 9.17) is 0 Å². The first-order valence-corrected chi connectivity index (χ1v) is 9.10. The molecule has 26 heavy (non-hydrogen) atoms. The van der Waals surface area contributed by atoms with Gasteiger partial charge in [-0.3, -0.25) is 9.69 Å². The van der Waals surface area contributed by atoms with E-state index in [9.17, 15) is 9.18 Å². The molecule has 0 bridgehead atoms. The van der Waals surface area contributed by atoms with E-state index in [0.717, 1.165) is 44.2 Å². The zero-order valence-corrected chi connectivity index (χ0v) is 14.9. The lowest BCUT2D eigenvalue weighted by Crippen LogP contribution is -2.46. The molecule has 2 aliphatic heterocycles. The molecule has 8 heteroatoms. The number of carbonyl (C=O) groups excluding carboxylic acids is 1. The fraction of sp³-hybridized carbons (Fsp3) is 0.500. The van der Waals surface area contributed by atoms with Crippen molar-refractivity contribution in [2.45, 2.75) is 20.0 Å². The molecule has 2 aromatic rings. The molecule has 0 radical (unpaired) electrons. The summed E-state index contributed by atoms with van der Waals surface area (Å²) in [4.78, 5) is 18.7. The number of fused-ring (bicyclic) bond motifs is 1. The molecule has 3 heterocycles. The van der Waals surface area contributed by atoms with Gasteiger partial charge in [0.2, 0.25) is 5.82 Å². The van der Waals surface area contributed by atoms with Gasteiger partial charge in [-0.15, -0.1) is 10.2 Å². The van der Waals surface area contributed by atoms with Gasteiger partial charge in [0.1, 0.15) is 11.6 Å². The van der Waals surface area contributed by atoms with Gasteiger partial charge in [-0.05, 0) is 31.2 Å². The Bertz CT molecular complexity index is 781. The second-order valence-electron chi connectivity index (χ2n) is 6.72. The number of rotatable bonds is 4. The average Bonchev–Trinajstić information content (AvgIpc) is 3.07. The van der Waals surface area contributed by atoms with Crippen LogP contribution in [0.4, 0.5) is 10.1 Å². The molecular weight excluding hydrogens is 335 g/mol. The molecule has 7 nitrogen and oxygen atoms in total. The number of aromatic nitrogens is 3. The third-order valence-electron chi connectivity index (χ3n) is 5.21. The lowest BCUT2D eigenvalue weighted by Gasteiger charge is -2.36. The first-order valence-electron chi connectivity index (χ1n) is 9.10. The van der Waals surface area contributed by atoms with E-state index < -0.39 is 0 Å². The Morgan fingerprint density at radius 2 is 1.73 bits per heavy atom. The van der Waals surface area contributed by atoms with Crippen LogP contribution < -0.4 is 4.90 Å². The number of amides is 1. The van der Waals surface area contributed by atoms with Crippen LogP contribution in [0.5, 0.6) is 0 Å². The average molecular weight is 358 g/mol. The molecule has 0 N–H and O–H groups in total. The van der Waals surface area contributed by atoms with Crippen LogP contribution in [-0.2, 0) is 13.1 Å². The zero-order valence-electron chi connectivity index (χ0n) is 14.9. The second-order valence-corrected chi connectivity index (χ2v) is 6.72. The molecule has 2 aliphatic rings. The summed E-state index contributed by atoms with van der Waals surface area (Å²) in [5, 5.41) is 8.39. The number of piperazine rings is 1. The van der Waals surface area contributed by atoms with Crippen molar-refractivity contribution in [2.24, 2.45) is 0 Å². The number of hydrogen-bond acceptors (Lipinski definition) is 5. The van der Waals surface area contributed by atoms with Crippen molar-refractivity contribution < 1.29 is 9.18 Å². The van der Waals surface area contributed by atoms with Crippen LogP contribution in [0.25, 0.3) is 0 Å². The topological polar surface area (TPSA) is 57.5 Å². The summed E-state index contributed by atoms with van der Waals surface area (Å²) in [5.41, 5.74) is 1.05. The SMILES string of the molecule is CCN1CCn2c(CN3CCN(c4ccc(F)cc4)CC3)nnc2C1=O. The maximum atomic E-state index is 13.1. The van der Waals surface area contributed by atoms with E-state index in [0.29, 0.717) is 25.5 Å². The molecule has 1 amide bonds. The molecule has 1 aromatic carbocycles. The minimum absolute atomic E-state index is 0.0290. The van der Waals surface area contributed by atoms with E-state index in [1.807, 2.05) is 23.6 Å². The van der Waals surface area contributed by atoms with Crippen LogP contribution in [-0.4, -0.2) is 69.7 Å². The van der Waals surface area contributed by atoms with Crippen molar-refractivity contribution in [3.8, 4) is 0 Å². The lowest BCUT2D eigenvalue weighted by molar-refractivity contribution is 0.0704. The highest BCUT2D eigenvalue weighted by molar-refractivity contribution is 5.91. The van der Waals surface area contributed by atoms with Crippen LogP contribution in [0.1, 0.15) is 23.4 Å². The van der Waals surface area contributed by atoms with E-state index in [-0.39, 0.29) is 11.7 Å². The van der Waals surface area contributed by atoms with Gasteiger partial charge in [0.05, 0.1) is 6.54 Å². The number of hydrogen-bond donors (Lipinski definition) is 0. The third-order valence-corrected chi connectivity index (χ3v) is 5.21. The first kappa shape index (κ1) is 17.0. The zero-order chi connectivity index (χ0) is 18.1. The lowest BCUT2D eigenvalue weighted by atomic mass is 10.2. The first-order chi connectivity index (χ1) is 12.7. The maximum Gasteiger partial charge on any atom is 0.291 e. The van der Waals surface area contributed by atoms with Crippen molar-refractivity contribution in [3.63, 3.8) is 0 Å². The highest BCUT2D eigenvalue weighted by atomic mass is 19.1. The van der Waals surface area contributed by atoms with Gasteiger partial charge in [-0.25, -0.2) is 4.39 Å². The molecule has 4 rings (SSSR count).